The average Bonchev–Trinajstić information content (AvgIpc) is 2.64. The molecule has 0 saturated carbocycles. The standard InChI is InChI=1S/C23H42O4/c1-6-9-10-11-12-13-14-15-16-20(22(24)26-17-7-2)21(19(4)5)23(25)27-18-8-3/h19H,6-18H2,1-5H3/b21-20-. The molecular weight excluding hydrogens is 340 g/mol. The number of hydrogen-bond acceptors (Lipinski definition) is 4. The number of carbonyl (C=O) groups is 2. The molecule has 0 unspecified atom stereocenters. The maximum atomic E-state index is 12.6. The molecule has 27 heavy (non-hydrogen) atoms. The van der Waals surface area contributed by atoms with Crippen molar-refractivity contribution in [3.63, 3.8) is 0 Å². The summed E-state index contributed by atoms with van der Waals surface area (Å²) in [7, 11) is 0. The van der Waals surface area contributed by atoms with Crippen molar-refractivity contribution in [3.05, 3.63) is 11.1 Å². The zero-order valence-electron chi connectivity index (χ0n) is 18.4. The number of esters is 2. The lowest BCUT2D eigenvalue weighted by Gasteiger charge is -2.17. The highest BCUT2D eigenvalue weighted by Gasteiger charge is 2.25. The van der Waals surface area contributed by atoms with Gasteiger partial charge >= 0.3 is 11.9 Å². The van der Waals surface area contributed by atoms with Crippen LogP contribution in [-0.2, 0) is 19.1 Å². The minimum atomic E-state index is -0.366. The molecule has 0 heterocycles. The van der Waals surface area contributed by atoms with Gasteiger partial charge in [0.05, 0.1) is 18.8 Å². The van der Waals surface area contributed by atoms with Crippen molar-refractivity contribution in [2.24, 2.45) is 5.92 Å². The smallest absolute Gasteiger partial charge is 0.334 e. The fourth-order valence-corrected chi connectivity index (χ4v) is 3.04. The summed E-state index contributed by atoms with van der Waals surface area (Å²) in [6.07, 6.45) is 11.7. The molecule has 0 aliphatic heterocycles. The van der Waals surface area contributed by atoms with Gasteiger partial charge in [-0.1, -0.05) is 79.6 Å². The predicted molar refractivity (Wildman–Crippen MR) is 112 cm³/mol. The summed E-state index contributed by atoms with van der Waals surface area (Å²) in [5.74, 6) is -0.778. The van der Waals surface area contributed by atoms with Crippen LogP contribution >= 0.6 is 0 Å². The van der Waals surface area contributed by atoms with Gasteiger partial charge < -0.3 is 9.47 Å². The molecule has 158 valence electrons. The number of hydrogen-bond donors (Lipinski definition) is 0. The highest BCUT2D eigenvalue weighted by atomic mass is 16.5. The molecule has 4 nitrogen and oxygen atoms in total. The molecule has 0 atom stereocenters. The van der Waals surface area contributed by atoms with Crippen molar-refractivity contribution in [1.82, 2.24) is 0 Å². The van der Waals surface area contributed by atoms with Crippen LogP contribution in [0.1, 0.15) is 105 Å². The maximum absolute atomic E-state index is 12.6. The van der Waals surface area contributed by atoms with E-state index in [2.05, 4.69) is 6.92 Å². The van der Waals surface area contributed by atoms with Crippen LogP contribution in [0.25, 0.3) is 0 Å². The summed E-state index contributed by atoms with van der Waals surface area (Å²) < 4.78 is 10.7. The quantitative estimate of drug-likeness (QED) is 0.177. The molecule has 4 heteroatoms. The van der Waals surface area contributed by atoms with E-state index in [9.17, 15) is 9.59 Å². The Bertz CT molecular complexity index is 438. The Morgan fingerprint density at radius 3 is 1.63 bits per heavy atom. The van der Waals surface area contributed by atoms with Crippen molar-refractivity contribution < 1.29 is 19.1 Å². The summed E-state index contributed by atoms with van der Waals surface area (Å²) in [6, 6.07) is 0. The van der Waals surface area contributed by atoms with Crippen LogP contribution in [0.4, 0.5) is 0 Å². The zero-order chi connectivity index (χ0) is 20.5. The Labute approximate surface area is 167 Å². The molecule has 0 radical (unpaired) electrons. The van der Waals surface area contributed by atoms with E-state index < -0.39 is 0 Å². The summed E-state index contributed by atoms with van der Waals surface area (Å²) in [5, 5.41) is 0. The summed E-state index contributed by atoms with van der Waals surface area (Å²) in [6.45, 7) is 10.8. The Morgan fingerprint density at radius 2 is 1.15 bits per heavy atom. The molecule has 0 rings (SSSR count). The van der Waals surface area contributed by atoms with Crippen LogP contribution in [-0.4, -0.2) is 25.2 Å². The normalized spacial score (nSPS) is 12.1. The Kier molecular flexibility index (Phi) is 16.0. The fourth-order valence-electron chi connectivity index (χ4n) is 3.04. The first-order valence-electron chi connectivity index (χ1n) is 11.1. The third-order valence-electron chi connectivity index (χ3n) is 4.52. The van der Waals surface area contributed by atoms with Gasteiger partial charge in [-0.05, 0) is 31.6 Å². The van der Waals surface area contributed by atoms with Crippen LogP contribution in [0, 0.1) is 5.92 Å². The van der Waals surface area contributed by atoms with Crippen molar-refractivity contribution in [2.75, 3.05) is 13.2 Å². The van der Waals surface area contributed by atoms with Crippen molar-refractivity contribution in [1.29, 1.82) is 0 Å². The molecule has 0 aromatic heterocycles. The molecule has 0 spiro atoms. The number of rotatable bonds is 16. The van der Waals surface area contributed by atoms with Crippen LogP contribution in [0.5, 0.6) is 0 Å². The Morgan fingerprint density at radius 1 is 0.667 bits per heavy atom. The second kappa shape index (κ2) is 16.8. The van der Waals surface area contributed by atoms with E-state index in [4.69, 9.17) is 9.47 Å². The second-order valence-corrected chi connectivity index (χ2v) is 7.54. The highest BCUT2D eigenvalue weighted by molar-refractivity contribution is 6.00. The topological polar surface area (TPSA) is 52.6 Å². The van der Waals surface area contributed by atoms with E-state index in [1.165, 1.54) is 38.5 Å². The summed E-state index contributed by atoms with van der Waals surface area (Å²) in [5.41, 5.74) is 1.01. The van der Waals surface area contributed by atoms with E-state index in [-0.39, 0.29) is 17.9 Å². The van der Waals surface area contributed by atoms with Gasteiger partial charge in [-0.25, -0.2) is 9.59 Å². The maximum Gasteiger partial charge on any atom is 0.334 e. The Hall–Kier alpha value is -1.32. The van der Waals surface area contributed by atoms with Crippen molar-refractivity contribution in [2.45, 2.75) is 105 Å². The first-order chi connectivity index (χ1) is 13.0. The van der Waals surface area contributed by atoms with Crippen LogP contribution < -0.4 is 0 Å². The largest absolute Gasteiger partial charge is 0.462 e. The molecule has 0 bridgehead atoms. The molecule has 0 saturated heterocycles. The van der Waals surface area contributed by atoms with Crippen LogP contribution in [0.15, 0.2) is 11.1 Å². The molecule has 0 aromatic rings. The monoisotopic (exact) mass is 382 g/mol. The number of ether oxygens (including phenoxy) is 2. The third kappa shape index (κ3) is 11.9. The lowest BCUT2D eigenvalue weighted by atomic mass is 9.93. The van der Waals surface area contributed by atoms with Gasteiger partial charge in [0.1, 0.15) is 0 Å². The van der Waals surface area contributed by atoms with Crippen LogP contribution in [0.3, 0.4) is 0 Å². The first-order valence-corrected chi connectivity index (χ1v) is 11.1. The minimum absolute atomic E-state index is 0.0624. The van der Waals surface area contributed by atoms with E-state index >= 15 is 0 Å². The first kappa shape index (κ1) is 25.7. The molecule has 0 aliphatic rings. The van der Waals surface area contributed by atoms with Crippen LogP contribution in [0.2, 0.25) is 0 Å². The average molecular weight is 383 g/mol. The van der Waals surface area contributed by atoms with E-state index in [1.54, 1.807) is 0 Å². The van der Waals surface area contributed by atoms with Gasteiger partial charge in [0.25, 0.3) is 0 Å². The molecule has 0 N–H and O–H groups in total. The van der Waals surface area contributed by atoms with Gasteiger partial charge in [-0.3, -0.25) is 0 Å². The summed E-state index contributed by atoms with van der Waals surface area (Å²) >= 11 is 0. The van der Waals surface area contributed by atoms with E-state index in [0.29, 0.717) is 30.8 Å². The minimum Gasteiger partial charge on any atom is -0.462 e. The van der Waals surface area contributed by atoms with Gasteiger partial charge in [0.15, 0.2) is 0 Å². The summed E-state index contributed by atoms with van der Waals surface area (Å²) in [4.78, 5) is 25.1. The molecule has 0 aliphatic carbocycles. The van der Waals surface area contributed by atoms with Gasteiger partial charge in [-0.15, -0.1) is 0 Å². The van der Waals surface area contributed by atoms with Gasteiger partial charge in [0.2, 0.25) is 0 Å². The highest BCUT2D eigenvalue weighted by Crippen LogP contribution is 2.23. The number of unbranched alkanes of at least 4 members (excludes halogenated alkanes) is 7. The van der Waals surface area contributed by atoms with E-state index in [1.807, 2.05) is 27.7 Å². The molecule has 0 amide bonds. The molecular formula is C23H42O4. The fraction of sp³-hybridized carbons (Fsp3) is 0.826. The lowest BCUT2D eigenvalue weighted by Crippen LogP contribution is -2.20. The molecule has 0 fully saturated rings. The second-order valence-electron chi connectivity index (χ2n) is 7.54. The van der Waals surface area contributed by atoms with Crippen molar-refractivity contribution in [3.8, 4) is 0 Å². The lowest BCUT2D eigenvalue weighted by molar-refractivity contribution is -0.143. The zero-order valence-corrected chi connectivity index (χ0v) is 18.4. The third-order valence-corrected chi connectivity index (χ3v) is 4.52. The van der Waals surface area contributed by atoms with E-state index in [0.717, 1.165) is 25.7 Å². The predicted octanol–water partition coefficient (Wildman–Crippen LogP) is 6.38. The SMILES string of the molecule is CCCCCCCCCC/C(C(=O)OCCC)=C(/C(=O)OCCC)C(C)C. The van der Waals surface area contributed by atoms with Gasteiger partial charge in [0, 0.05) is 5.57 Å². The van der Waals surface area contributed by atoms with Gasteiger partial charge in [-0.2, -0.15) is 0 Å². The molecule has 0 aromatic carbocycles. The van der Waals surface area contributed by atoms with Crippen molar-refractivity contribution >= 4 is 11.9 Å². The Balaban J connectivity index is 4.92. The number of carbonyl (C=O) groups excluding carboxylic acids is 2.